The van der Waals surface area contributed by atoms with Gasteiger partial charge in [0, 0.05) is 18.8 Å². The summed E-state index contributed by atoms with van der Waals surface area (Å²) >= 11 is 0. The Bertz CT molecular complexity index is 864. The highest BCUT2D eigenvalue weighted by Gasteiger charge is 2.37. The Morgan fingerprint density at radius 1 is 1.07 bits per heavy atom. The van der Waals surface area contributed by atoms with Crippen LogP contribution in [0.15, 0.2) is 42.5 Å². The molecular formula is C23H28N2O4. The summed E-state index contributed by atoms with van der Waals surface area (Å²) in [6.45, 7) is 3.12. The molecule has 6 heteroatoms. The van der Waals surface area contributed by atoms with E-state index in [-0.39, 0.29) is 11.8 Å². The van der Waals surface area contributed by atoms with Gasteiger partial charge in [0.1, 0.15) is 5.92 Å². The van der Waals surface area contributed by atoms with Crippen LogP contribution in [0.5, 0.6) is 11.5 Å². The first kappa shape index (κ1) is 20.7. The van der Waals surface area contributed by atoms with E-state index < -0.39 is 5.92 Å². The normalized spacial score (nSPS) is 16.0. The quantitative estimate of drug-likeness (QED) is 0.697. The average molecular weight is 396 g/mol. The summed E-state index contributed by atoms with van der Waals surface area (Å²) < 4.78 is 10.5. The van der Waals surface area contributed by atoms with Gasteiger partial charge in [-0.05, 0) is 54.7 Å². The molecule has 154 valence electrons. The number of amides is 2. The lowest BCUT2D eigenvalue weighted by molar-refractivity contribution is -0.132. The first-order valence-corrected chi connectivity index (χ1v) is 9.96. The second-order valence-electron chi connectivity index (χ2n) is 7.08. The standard InChI is InChI=1S/C23H28N2O4/c1-4-16-5-8-18(9-6-16)25-14-12-19(23(25)27)22(26)24-13-11-17-7-10-20(28-2)21(15-17)29-3/h5-10,15,19H,4,11-14H2,1-3H3,(H,24,26). The topological polar surface area (TPSA) is 67.9 Å². The van der Waals surface area contributed by atoms with Gasteiger partial charge in [0.2, 0.25) is 11.8 Å². The maximum absolute atomic E-state index is 12.7. The van der Waals surface area contributed by atoms with Crippen LogP contribution in [0, 0.1) is 5.92 Å². The van der Waals surface area contributed by atoms with Gasteiger partial charge < -0.3 is 19.7 Å². The number of methoxy groups -OCH3 is 2. The highest BCUT2D eigenvalue weighted by atomic mass is 16.5. The van der Waals surface area contributed by atoms with Crippen molar-refractivity contribution in [3.05, 3.63) is 53.6 Å². The number of carbonyl (C=O) groups is 2. The molecule has 0 spiro atoms. The van der Waals surface area contributed by atoms with Gasteiger partial charge in [0.25, 0.3) is 0 Å². The van der Waals surface area contributed by atoms with Crippen LogP contribution < -0.4 is 19.7 Å². The number of anilines is 1. The molecule has 0 aliphatic carbocycles. The molecule has 2 amide bonds. The number of rotatable bonds is 8. The van der Waals surface area contributed by atoms with Crippen molar-refractivity contribution < 1.29 is 19.1 Å². The molecule has 1 saturated heterocycles. The molecule has 2 aromatic rings. The largest absolute Gasteiger partial charge is 0.493 e. The van der Waals surface area contributed by atoms with Gasteiger partial charge in [0.15, 0.2) is 11.5 Å². The van der Waals surface area contributed by atoms with Crippen molar-refractivity contribution in [1.82, 2.24) is 5.32 Å². The average Bonchev–Trinajstić information content (AvgIpc) is 3.14. The summed E-state index contributed by atoms with van der Waals surface area (Å²) in [6, 6.07) is 13.6. The Morgan fingerprint density at radius 2 is 1.76 bits per heavy atom. The molecule has 0 saturated carbocycles. The third kappa shape index (κ3) is 4.70. The van der Waals surface area contributed by atoms with E-state index in [1.807, 2.05) is 42.5 Å². The second-order valence-corrected chi connectivity index (χ2v) is 7.08. The highest BCUT2D eigenvalue weighted by molar-refractivity contribution is 6.09. The Kier molecular flexibility index (Phi) is 6.75. The lowest BCUT2D eigenvalue weighted by Crippen LogP contribution is -2.37. The summed E-state index contributed by atoms with van der Waals surface area (Å²) in [5, 5.41) is 2.90. The van der Waals surface area contributed by atoms with E-state index in [0.717, 1.165) is 17.7 Å². The lowest BCUT2D eigenvalue weighted by atomic mass is 10.1. The Morgan fingerprint density at radius 3 is 2.41 bits per heavy atom. The molecular weight excluding hydrogens is 368 g/mol. The molecule has 3 rings (SSSR count). The van der Waals surface area contributed by atoms with Crippen LogP contribution >= 0.6 is 0 Å². The monoisotopic (exact) mass is 396 g/mol. The maximum Gasteiger partial charge on any atom is 0.239 e. The summed E-state index contributed by atoms with van der Waals surface area (Å²) in [4.78, 5) is 27.0. The number of aryl methyl sites for hydroxylation is 1. The Hall–Kier alpha value is -3.02. The van der Waals surface area contributed by atoms with E-state index in [1.165, 1.54) is 5.56 Å². The van der Waals surface area contributed by atoms with Gasteiger partial charge in [-0.15, -0.1) is 0 Å². The highest BCUT2D eigenvalue weighted by Crippen LogP contribution is 2.28. The zero-order chi connectivity index (χ0) is 20.8. The van der Waals surface area contributed by atoms with Crippen LogP contribution in [0.1, 0.15) is 24.5 Å². The van der Waals surface area contributed by atoms with E-state index in [4.69, 9.17) is 9.47 Å². The van der Waals surface area contributed by atoms with E-state index in [1.54, 1.807) is 19.1 Å². The third-order valence-corrected chi connectivity index (χ3v) is 5.34. The summed E-state index contributed by atoms with van der Waals surface area (Å²) in [5.41, 5.74) is 3.11. The van der Waals surface area contributed by atoms with Crippen LogP contribution in [0.4, 0.5) is 5.69 Å². The fourth-order valence-electron chi connectivity index (χ4n) is 3.58. The Balaban J connectivity index is 1.54. The zero-order valence-corrected chi connectivity index (χ0v) is 17.2. The number of hydrogen-bond donors (Lipinski definition) is 1. The van der Waals surface area contributed by atoms with Crippen molar-refractivity contribution in [3.63, 3.8) is 0 Å². The number of ether oxygens (including phenoxy) is 2. The fourth-order valence-corrected chi connectivity index (χ4v) is 3.58. The number of nitrogens with one attached hydrogen (secondary N) is 1. The number of nitrogens with zero attached hydrogens (tertiary/aromatic N) is 1. The zero-order valence-electron chi connectivity index (χ0n) is 17.2. The van der Waals surface area contributed by atoms with Crippen LogP contribution in [-0.2, 0) is 22.4 Å². The van der Waals surface area contributed by atoms with E-state index >= 15 is 0 Å². The minimum Gasteiger partial charge on any atom is -0.493 e. The number of carbonyl (C=O) groups excluding carboxylic acids is 2. The predicted octanol–water partition coefficient (Wildman–Crippen LogP) is 2.98. The van der Waals surface area contributed by atoms with E-state index in [0.29, 0.717) is 37.4 Å². The van der Waals surface area contributed by atoms with Gasteiger partial charge in [-0.2, -0.15) is 0 Å². The first-order valence-electron chi connectivity index (χ1n) is 9.96. The van der Waals surface area contributed by atoms with Crippen molar-refractivity contribution >= 4 is 17.5 Å². The van der Waals surface area contributed by atoms with Gasteiger partial charge in [-0.25, -0.2) is 0 Å². The third-order valence-electron chi connectivity index (χ3n) is 5.34. The molecule has 1 N–H and O–H groups in total. The summed E-state index contributed by atoms with van der Waals surface area (Å²) in [5.74, 6) is 0.378. The van der Waals surface area contributed by atoms with Crippen LogP contribution in [0.25, 0.3) is 0 Å². The van der Waals surface area contributed by atoms with Crippen molar-refractivity contribution in [3.8, 4) is 11.5 Å². The lowest BCUT2D eigenvalue weighted by Gasteiger charge is -2.17. The van der Waals surface area contributed by atoms with E-state index in [2.05, 4.69) is 12.2 Å². The molecule has 2 aromatic carbocycles. The summed E-state index contributed by atoms with van der Waals surface area (Å²) in [6.07, 6.45) is 2.14. The minimum absolute atomic E-state index is 0.127. The Labute approximate surface area is 171 Å². The van der Waals surface area contributed by atoms with Gasteiger partial charge in [0.05, 0.1) is 14.2 Å². The van der Waals surface area contributed by atoms with Crippen molar-refractivity contribution in [1.29, 1.82) is 0 Å². The van der Waals surface area contributed by atoms with Gasteiger partial charge in [-0.3, -0.25) is 9.59 Å². The molecule has 1 fully saturated rings. The first-order chi connectivity index (χ1) is 14.1. The van der Waals surface area contributed by atoms with Gasteiger partial charge >= 0.3 is 0 Å². The van der Waals surface area contributed by atoms with Crippen molar-refractivity contribution in [2.75, 3.05) is 32.2 Å². The molecule has 1 aliphatic rings. The smallest absolute Gasteiger partial charge is 0.239 e. The molecule has 0 bridgehead atoms. The van der Waals surface area contributed by atoms with Gasteiger partial charge in [-0.1, -0.05) is 25.1 Å². The molecule has 0 aromatic heterocycles. The van der Waals surface area contributed by atoms with Crippen LogP contribution in [0.3, 0.4) is 0 Å². The molecule has 0 radical (unpaired) electrons. The van der Waals surface area contributed by atoms with Crippen molar-refractivity contribution in [2.45, 2.75) is 26.2 Å². The number of benzene rings is 2. The SMILES string of the molecule is CCc1ccc(N2CCC(C(=O)NCCc3ccc(OC)c(OC)c3)C2=O)cc1. The maximum atomic E-state index is 12.7. The molecule has 1 heterocycles. The molecule has 1 aliphatic heterocycles. The molecule has 1 atom stereocenters. The van der Waals surface area contributed by atoms with Crippen LogP contribution in [0.2, 0.25) is 0 Å². The molecule has 6 nitrogen and oxygen atoms in total. The van der Waals surface area contributed by atoms with Crippen LogP contribution in [-0.4, -0.2) is 39.1 Å². The fraction of sp³-hybridized carbons (Fsp3) is 0.391. The summed E-state index contributed by atoms with van der Waals surface area (Å²) in [7, 11) is 3.19. The minimum atomic E-state index is -0.619. The predicted molar refractivity (Wildman–Crippen MR) is 113 cm³/mol. The number of hydrogen-bond acceptors (Lipinski definition) is 4. The van der Waals surface area contributed by atoms with E-state index in [9.17, 15) is 9.59 Å². The van der Waals surface area contributed by atoms with Crippen molar-refractivity contribution in [2.24, 2.45) is 5.92 Å². The second kappa shape index (κ2) is 9.45. The molecule has 1 unspecified atom stereocenters. The molecule has 29 heavy (non-hydrogen) atoms.